The number of sulfonamides is 1. The molecular weight excluding hydrogens is 314 g/mol. The van der Waals surface area contributed by atoms with Crippen LogP contribution in [0.5, 0.6) is 5.75 Å². The Morgan fingerprint density at radius 1 is 1.22 bits per heavy atom. The van der Waals surface area contributed by atoms with Crippen LogP contribution in [0.4, 0.5) is 5.69 Å². The monoisotopic (exact) mass is 333 g/mol. The summed E-state index contributed by atoms with van der Waals surface area (Å²) in [4.78, 5) is 0.228. The number of fused-ring (bicyclic) bond motifs is 1. The Bertz CT molecular complexity index is 802. The number of ether oxygens (including phenoxy) is 2. The van der Waals surface area contributed by atoms with E-state index in [-0.39, 0.29) is 4.90 Å². The minimum absolute atomic E-state index is 0.228. The highest BCUT2D eigenvalue weighted by molar-refractivity contribution is 7.92. The molecule has 5 nitrogen and oxygen atoms in total. The number of anilines is 1. The first-order chi connectivity index (χ1) is 11.1. The molecule has 2 aromatic rings. The summed E-state index contributed by atoms with van der Waals surface area (Å²) in [7, 11) is -3.64. The summed E-state index contributed by atoms with van der Waals surface area (Å²) < 4.78 is 38.7. The van der Waals surface area contributed by atoms with E-state index in [0.29, 0.717) is 31.9 Å². The van der Waals surface area contributed by atoms with Crippen molar-refractivity contribution in [2.45, 2.75) is 24.8 Å². The van der Waals surface area contributed by atoms with Gasteiger partial charge in [-0.25, -0.2) is 8.42 Å². The van der Waals surface area contributed by atoms with Crippen molar-refractivity contribution in [3.63, 3.8) is 0 Å². The van der Waals surface area contributed by atoms with Crippen molar-refractivity contribution in [3.8, 4) is 5.75 Å². The van der Waals surface area contributed by atoms with E-state index in [1.54, 1.807) is 30.3 Å². The zero-order valence-electron chi connectivity index (χ0n) is 12.9. The van der Waals surface area contributed by atoms with Crippen LogP contribution in [-0.4, -0.2) is 21.6 Å². The summed E-state index contributed by atoms with van der Waals surface area (Å²) in [5.74, 6) is 0.746. The van der Waals surface area contributed by atoms with E-state index < -0.39 is 10.0 Å². The number of hydrogen-bond donors (Lipinski definition) is 1. The fourth-order valence-corrected chi connectivity index (χ4v) is 3.71. The lowest BCUT2D eigenvalue weighted by Crippen LogP contribution is -2.14. The van der Waals surface area contributed by atoms with Gasteiger partial charge in [0.1, 0.15) is 5.75 Å². The maximum Gasteiger partial charge on any atom is 0.261 e. The summed E-state index contributed by atoms with van der Waals surface area (Å²) in [6, 6.07) is 12.2. The average molecular weight is 333 g/mol. The highest BCUT2D eigenvalue weighted by Crippen LogP contribution is 2.32. The van der Waals surface area contributed by atoms with Crippen LogP contribution < -0.4 is 9.46 Å². The molecule has 0 unspecified atom stereocenters. The third-order valence-corrected chi connectivity index (χ3v) is 5.03. The number of hydrogen-bond acceptors (Lipinski definition) is 4. The van der Waals surface area contributed by atoms with Crippen LogP contribution in [0.1, 0.15) is 18.1 Å². The normalized spacial score (nSPS) is 13.4. The van der Waals surface area contributed by atoms with Crippen molar-refractivity contribution in [2.75, 3.05) is 17.9 Å². The van der Waals surface area contributed by atoms with Gasteiger partial charge in [0.05, 0.1) is 23.8 Å². The molecule has 0 bridgehead atoms. The molecule has 3 rings (SSSR count). The quantitative estimate of drug-likeness (QED) is 0.883. The third kappa shape index (κ3) is 3.48. The molecule has 0 amide bonds. The standard InChI is InChI=1S/C17H19NO4S/c1-2-21-12-13-5-3-6-14(11-13)23(19,20)18-16-7-4-8-17-15(16)9-10-22-17/h3-8,11,18H,2,9-10,12H2,1H3. The molecule has 6 heteroatoms. The van der Waals surface area contributed by atoms with Gasteiger partial charge in [-0.05, 0) is 36.8 Å². The topological polar surface area (TPSA) is 64.6 Å². The minimum atomic E-state index is -3.64. The van der Waals surface area contributed by atoms with Crippen molar-refractivity contribution in [3.05, 3.63) is 53.6 Å². The van der Waals surface area contributed by atoms with Gasteiger partial charge in [0.2, 0.25) is 0 Å². The van der Waals surface area contributed by atoms with Gasteiger partial charge in [0.15, 0.2) is 0 Å². The lowest BCUT2D eigenvalue weighted by Gasteiger charge is -2.12. The van der Waals surface area contributed by atoms with Crippen LogP contribution >= 0.6 is 0 Å². The first kappa shape index (κ1) is 15.8. The fraction of sp³-hybridized carbons (Fsp3) is 0.294. The molecular formula is C17H19NO4S. The maximum atomic E-state index is 12.6. The predicted molar refractivity (Wildman–Crippen MR) is 88.2 cm³/mol. The molecule has 1 aliphatic heterocycles. The largest absolute Gasteiger partial charge is 0.493 e. The van der Waals surface area contributed by atoms with Gasteiger partial charge < -0.3 is 9.47 Å². The van der Waals surface area contributed by atoms with Gasteiger partial charge in [0.25, 0.3) is 10.0 Å². The van der Waals surface area contributed by atoms with Gasteiger partial charge in [0, 0.05) is 18.6 Å². The van der Waals surface area contributed by atoms with Crippen LogP contribution in [0.2, 0.25) is 0 Å². The van der Waals surface area contributed by atoms with Gasteiger partial charge in [-0.3, -0.25) is 4.72 Å². The molecule has 0 spiro atoms. The second kappa shape index (κ2) is 6.60. The van der Waals surface area contributed by atoms with E-state index in [0.717, 1.165) is 16.9 Å². The number of benzene rings is 2. The van der Waals surface area contributed by atoms with Gasteiger partial charge in [-0.15, -0.1) is 0 Å². The van der Waals surface area contributed by atoms with E-state index in [4.69, 9.17) is 9.47 Å². The zero-order valence-corrected chi connectivity index (χ0v) is 13.7. The van der Waals surface area contributed by atoms with Crippen molar-refractivity contribution in [1.82, 2.24) is 0 Å². The molecule has 0 saturated heterocycles. The summed E-state index contributed by atoms with van der Waals surface area (Å²) >= 11 is 0. The summed E-state index contributed by atoms with van der Waals surface area (Å²) in [5.41, 5.74) is 2.31. The molecule has 0 saturated carbocycles. The third-order valence-electron chi connectivity index (χ3n) is 3.67. The first-order valence-corrected chi connectivity index (χ1v) is 9.02. The average Bonchev–Trinajstić information content (AvgIpc) is 3.03. The Morgan fingerprint density at radius 3 is 2.87 bits per heavy atom. The molecule has 23 heavy (non-hydrogen) atoms. The lowest BCUT2D eigenvalue weighted by molar-refractivity contribution is 0.134. The van der Waals surface area contributed by atoms with Crippen LogP contribution in [0.3, 0.4) is 0 Å². The maximum absolute atomic E-state index is 12.6. The second-order valence-electron chi connectivity index (χ2n) is 5.27. The van der Waals surface area contributed by atoms with E-state index in [1.807, 2.05) is 19.1 Å². The second-order valence-corrected chi connectivity index (χ2v) is 6.95. The Labute approximate surface area is 136 Å². The highest BCUT2D eigenvalue weighted by atomic mass is 32.2. The molecule has 0 aliphatic carbocycles. The molecule has 1 N–H and O–H groups in total. The Hall–Kier alpha value is -2.05. The summed E-state index contributed by atoms with van der Waals surface area (Å²) in [5, 5.41) is 0. The molecule has 0 radical (unpaired) electrons. The van der Waals surface area contributed by atoms with E-state index in [9.17, 15) is 8.42 Å². The van der Waals surface area contributed by atoms with Gasteiger partial charge >= 0.3 is 0 Å². The molecule has 0 fully saturated rings. The smallest absolute Gasteiger partial charge is 0.261 e. The fourth-order valence-electron chi connectivity index (χ4n) is 2.54. The van der Waals surface area contributed by atoms with Crippen molar-refractivity contribution < 1.29 is 17.9 Å². The number of rotatable bonds is 6. The first-order valence-electron chi connectivity index (χ1n) is 7.54. The molecule has 122 valence electrons. The van der Waals surface area contributed by atoms with Crippen molar-refractivity contribution >= 4 is 15.7 Å². The van der Waals surface area contributed by atoms with Crippen molar-refractivity contribution in [1.29, 1.82) is 0 Å². The number of nitrogens with one attached hydrogen (secondary N) is 1. The minimum Gasteiger partial charge on any atom is -0.493 e. The molecule has 2 aromatic carbocycles. The predicted octanol–water partition coefficient (Wildman–Crippen LogP) is 2.96. The summed E-state index contributed by atoms with van der Waals surface area (Å²) in [6.07, 6.45) is 0.707. The SMILES string of the molecule is CCOCc1cccc(S(=O)(=O)Nc2cccc3c2CCO3)c1. The summed E-state index contributed by atoms with van der Waals surface area (Å²) in [6.45, 7) is 3.47. The molecule has 1 heterocycles. The van der Waals surface area contributed by atoms with E-state index in [2.05, 4.69) is 4.72 Å². The van der Waals surface area contributed by atoms with E-state index >= 15 is 0 Å². The molecule has 1 aliphatic rings. The Kier molecular flexibility index (Phi) is 4.54. The van der Waals surface area contributed by atoms with Crippen LogP contribution in [-0.2, 0) is 27.8 Å². The molecule has 0 atom stereocenters. The van der Waals surface area contributed by atoms with Gasteiger partial charge in [-0.1, -0.05) is 18.2 Å². The lowest BCUT2D eigenvalue weighted by atomic mass is 10.1. The Balaban J connectivity index is 1.86. The van der Waals surface area contributed by atoms with Crippen LogP contribution in [0, 0.1) is 0 Å². The molecule has 0 aromatic heterocycles. The zero-order chi connectivity index (χ0) is 16.3. The Morgan fingerprint density at radius 2 is 2.04 bits per heavy atom. The van der Waals surface area contributed by atoms with Crippen LogP contribution in [0.25, 0.3) is 0 Å². The van der Waals surface area contributed by atoms with E-state index in [1.165, 1.54) is 0 Å². The van der Waals surface area contributed by atoms with Crippen molar-refractivity contribution in [2.24, 2.45) is 0 Å². The van der Waals surface area contributed by atoms with Gasteiger partial charge in [-0.2, -0.15) is 0 Å². The van der Waals surface area contributed by atoms with Crippen LogP contribution in [0.15, 0.2) is 47.4 Å². The highest BCUT2D eigenvalue weighted by Gasteiger charge is 2.21.